The summed E-state index contributed by atoms with van der Waals surface area (Å²) in [5, 5.41) is 0.116. The lowest BCUT2D eigenvalue weighted by molar-refractivity contribution is 0.584. The van der Waals surface area contributed by atoms with Crippen LogP contribution in [0.4, 0.5) is 10.2 Å². The van der Waals surface area contributed by atoms with E-state index in [4.69, 9.17) is 17.3 Å². The molecule has 82 valence electrons. The summed E-state index contributed by atoms with van der Waals surface area (Å²) >= 11 is 5.69. The van der Waals surface area contributed by atoms with E-state index in [0.717, 1.165) is 11.1 Å². The Morgan fingerprint density at radius 3 is 2.75 bits per heavy atom. The molecule has 0 aromatic carbocycles. The number of nitrogens with two attached hydrogens (primary N) is 1. The topological polar surface area (TPSA) is 51.8 Å². The van der Waals surface area contributed by atoms with E-state index in [9.17, 15) is 4.39 Å². The van der Waals surface area contributed by atoms with Crippen molar-refractivity contribution in [3.05, 3.63) is 41.1 Å². The van der Waals surface area contributed by atoms with Crippen LogP contribution in [0.3, 0.4) is 0 Å². The molecule has 5 heteroatoms. The number of rotatable bonds is 1. The van der Waals surface area contributed by atoms with Crippen LogP contribution in [0, 0.1) is 12.9 Å². The van der Waals surface area contributed by atoms with Gasteiger partial charge >= 0.3 is 0 Å². The highest BCUT2D eigenvalue weighted by atomic mass is 35.5. The molecule has 0 aliphatic rings. The lowest BCUT2D eigenvalue weighted by atomic mass is 10.0. The zero-order valence-electron chi connectivity index (χ0n) is 8.54. The fourth-order valence-electron chi connectivity index (χ4n) is 1.47. The molecule has 0 atom stereocenters. The van der Waals surface area contributed by atoms with Crippen molar-refractivity contribution in [3.63, 3.8) is 0 Å². The fraction of sp³-hybridized carbons (Fsp3) is 0.0909. The second-order valence-electron chi connectivity index (χ2n) is 3.43. The normalized spacial score (nSPS) is 10.4. The molecule has 16 heavy (non-hydrogen) atoms. The Hall–Kier alpha value is -1.68. The molecule has 0 unspecified atom stereocenters. The van der Waals surface area contributed by atoms with E-state index >= 15 is 0 Å². The van der Waals surface area contributed by atoms with Crippen LogP contribution in [0.1, 0.15) is 5.56 Å². The van der Waals surface area contributed by atoms with Crippen LogP contribution in [0.5, 0.6) is 0 Å². The summed E-state index contributed by atoms with van der Waals surface area (Å²) < 4.78 is 13.1. The molecular formula is C11H9ClFN3. The summed E-state index contributed by atoms with van der Waals surface area (Å²) in [5.74, 6) is -0.230. The number of aromatic nitrogens is 2. The molecule has 0 bridgehead atoms. The molecule has 2 N–H and O–H groups in total. The van der Waals surface area contributed by atoms with Crippen LogP contribution < -0.4 is 5.73 Å². The summed E-state index contributed by atoms with van der Waals surface area (Å²) in [6.45, 7) is 1.87. The van der Waals surface area contributed by atoms with Gasteiger partial charge in [0, 0.05) is 12.3 Å². The third kappa shape index (κ3) is 2.12. The minimum atomic E-state index is -0.614. The Labute approximate surface area is 97.1 Å². The van der Waals surface area contributed by atoms with Crippen molar-refractivity contribution in [3.8, 4) is 11.1 Å². The summed E-state index contributed by atoms with van der Waals surface area (Å²) in [5.41, 5.74) is 7.93. The SMILES string of the molecule is Cc1cnc(N)cc1-c1cc(F)nc(Cl)c1. The molecule has 0 aliphatic heterocycles. The molecule has 0 saturated heterocycles. The third-order valence-electron chi connectivity index (χ3n) is 2.20. The van der Waals surface area contributed by atoms with Gasteiger partial charge in [0.1, 0.15) is 11.0 Å². The first kappa shape index (κ1) is 10.8. The molecule has 2 aromatic heterocycles. The molecule has 0 radical (unpaired) electrons. The summed E-state index contributed by atoms with van der Waals surface area (Å²) in [6.07, 6.45) is 1.64. The minimum absolute atomic E-state index is 0.116. The maximum Gasteiger partial charge on any atom is 0.214 e. The Morgan fingerprint density at radius 1 is 1.31 bits per heavy atom. The number of nitrogen functional groups attached to an aromatic ring is 1. The van der Waals surface area contributed by atoms with E-state index in [-0.39, 0.29) is 5.15 Å². The van der Waals surface area contributed by atoms with Gasteiger partial charge in [-0.1, -0.05) is 11.6 Å². The van der Waals surface area contributed by atoms with Crippen molar-refractivity contribution >= 4 is 17.4 Å². The highest BCUT2D eigenvalue weighted by Crippen LogP contribution is 2.26. The predicted molar refractivity (Wildman–Crippen MR) is 61.6 cm³/mol. The van der Waals surface area contributed by atoms with Gasteiger partial charge in [0.25, 0.3) is 0 Å². The molecule has 0 saturated carbocycles. The molecule has 0 fully saturated rings. The van der Waals surface area contributed by atoms with E-state index in [1.54, 1.807) is 18.3 Å². The maximum atomic E-state index is 13.1. The maximum absolute atomic E-state index is 13.1. The van der Waals surface area contributed by atoms with Gasteiger partial charge in [0.15, 0.2) is 0 Å². The Morgan fingerprint density at radius 2 is 2.06 bits per heavy atom. The lowest BCUT2D eigenvalue weighted by Gasteiger charge is -2.06. The molecule has 3 nitrogen and oxygen atoms in total. The molecule has 2 heterocycles. The fourth-order valence-corrected chi connectivity index (χ4v) is 1.67. The Kier molecular flexibility index (Phi) is 2.75. The predicted octanol–water partition coefficient (Wildman–Crippen LogP) is 2.83. The number of hydrogen-bond acceptors (Lipinski definition) is 3. The summed E-state index contributed by atoms with van der Waals surface area (Å²) in [7, 11) is 0. The van der Waals surface area contributed by atoms with E-state index in [1.165, 1.54) is 6.07 Å². The van der Waals surface area contributed by atoms with Crippen molar-refractivity contribution in [1.29, 1.82) is 0 Å². The van der Waals surface area contributed by atoms with Gasteiger partial charge in [-0.3, -0.25) is 0 Å². The highest BCUT2D eigenvalue weighted by molar-refractivity contribution is 6.29. The molecular weight excluding hydrogens is 229 g/mol. The number of halogens is 2. The smallest absolute Gasteiger partial charge is 0.214 e. The van der Waals surface area contributed by atoms with E-state index in [2.05, 4.69) is 9.97 Å². The quantitative estimate of drug-likeness (QED) is 0.776. The van der Waals surface area contributed by atoms with Gasteiger partial charge in [0.05, 0.1) is 0 Å². The average molecular weight is 238 g/mol. The monoisotopic (exact) mass is 237 g/mol. The Bertz CT molecular complexity index is 522. The van der Waals surface area contributed by atoms with Crippen LogP contribution in [0.2, 0.25) is 5.15 Å². The van der Waals surface area contributed by atoms with Gasteiger partial charge in [-0.2, -0.15) is 4.39 Å². The van der Waals surface area contributed by atoms with Crippen molar-refractivity contribution < 1.29 is 4.39 Å². The zero-order valence-corrected chi connectivity index (χ0v) is 9.29. The van der Waals surface area contributed by atoms with Crippen molar-refractivity contribution in [2.24, 2.45) is 0 Å². The van der Waals surface area contributed by atoms with Gasteiger partial charge in [-0.25, -0.2) is 9.97 Å². The number of nitrogens with zero attached hydrogens (tertiary/aromatic N) is 2. The minimum Gasteiger partial charge on any atom is -0.384 e. The highest BCUT2D eigenvalue weighted by Gasteiger charge is 2.07. The van der Waals surface area contributed by atoms with Crippen LogP contribution in [-0.2, 0) is 0 Å². The van der Waals surface area contributed by atoms with Crippen LogP contribution in [0.25, 0.3) is 11.1 Å². The molecule has 2 aromatic rings. The largest absolute Gasteiger partial charge is 0.384 e. The first-order chi connectivity index (χ1) is 7.56. The standard InChI is InChI=1S/C11H9ClFN3/c1-6-5-15-11(14)4-8(6)7-2-9(12)16-10(13)3-7/h2-5H,1H3,(H2,14,15). The van der Waals surface area contributed by atoms with Gasteiger partial charge in [0.2, 0.25) is 5.95 Å². The molecule has 2 rings (SSSR count). The van der Waals surface area contributed by atoms with Gasteiger partial charge in [-0.15, -0.1) is 0 Å². The summed E-state index contributed by atoms with van der Waals surface area (Å²) in [6, 6.07) is 4.58. The number of anilines is 1. The molecule has 0 amide bonds. The van der Waals surface area contributed by atoms with Crippen LogP contribution in [-0.4, -0.2) is 9.97 Å². The van der Waals surface area contributed by atoms with E-state index in [0.29, 0.717) is 11.4 Å². The number of aryl methyl sites for hydroxylation is 1. The van der Waals surface area contributed by atoms with Gasteiger partial charge < -0.3 is 5.73 Å². The lowest BCUT2D eigenvalue weighted by Crippen LogP contribution is -1.94. The number of hydrogen-bond donors (Lipinski definition) is 1. The molecule has 0 spiro atoms. The molecule has 0 aliphatic carbocycles. The van der Waals surface area contributed by atoms with Crippen molar-refractivity contribution in [2.45, 2.75) is 6.92 Å². The van der Waals surface area contributed by atoms with Crippen molar-refractivity contribution in [2.75, 3.05) is 5.73 Å². The van der Waals surface area contributed by atoms with Crippen molar-refractivity contribution in [1.82, 2.24) is 9.97 Å². The Balaban J connectivity index is 2.62. The number of pyridine rings is 2. The van der Waals surface area contributed by atoms with Crippen LogP contribution in [0.15, 0.2) is 24.4 Å². The first-order valence-electron chi connectivity index (χ1n) is 4.62. The van der Waals surface area contributed by atoms with E-state index in [1.807, 2.05) is 6.92 Å². The second-order valence-corrected chi connectivity index (χ2v) is 3.81. The second kappa shape index (κ2) is 4.06. The first-order valence-corrected chi connectivity index (χ1v) is 4.99. The summed E-state index contributed by atoms with van der Waals surface area (Å²) in [4.78, 5) is 7.41. The third-order valence-corrected chi connectivity index (χ3v) is 2.39. The van der Waals surface area contributed by atoms with Crippen LogP contribution >= 0.6 is 11.6 Å². The zero-order chi connectivity index (χ0) is 11.7. The average Bonchev–Trinajstić information content (AvgIpc) is 2.20. The van der Waals surface area contributed by atoms with Gasteiger partial charge in [-0.05, 0) is 35.7 Å². The van der Waals surface area contributed by atoms with E-state index < -0.39 is 5.95 Å².